The van der Waals surface area contributed by atoms with Crippen LogP contribution in [-0.2, 0) is 16.4 Å². The van der Waals surface area contributed by atoms with Crippen LogP contribution in [0.15, 0.2) is 54.6 Å². The van der Waals surface area contributed by atoms with E-state index < -0.39 is 10.0 Å². The Morgan fingerprint density at radius 3 is 2.35 bits per heavy atom. The Bertz CT molecular complexity index is 852. The summed E-state index contributed by atoms with van der Waals surface area (Å²) in [5.74, 6) is 0.542. The Morgan fingerprint density at radius 1 is 1.00 bits per heavy atom. The molecule has 0 unspecified atom stereocenters. The summed E-state index contributed by atoms with van der Waals surface area (Å²) < 4.78 is 25.4. The fraction of sp³-hybridized carbons (Fsp3) is 0.133. The molecule has 0 saturated heterocycles. The average molecular weight is 286 g/mol. The molecule has 0 aliphatic carbocycles. The van der Waals surface area contributed by atoms with E-state index in [1.165, 1.54) is 10.2 Å². The monoisotopic (exact) mass is 286 g/mol. The lowest BCUT2D eigenvalue weighted by molar-refractivity contribution is 0.593. The third-order valence-electron chi connectivity index (χ3n) is 3.12. The molecule has 20 heavy (non-hydrogen) atoms. The van der Waals surface area contributed by atoms with Gasteiger partial charge in [0.15, 0.2) is 0 Å². The van der Waals surface area contributed by atoms with Gasteiger partial charge < -0.3 is 0 Å². The number of hydrogen-bond acceptors (Lipinski definition) is 3. The lowest BCUT2D eigenvalue weighted by atomic mass is 10.1. The van der Waals surface area contributed by atoms with E-state index in [9.17, 15) is 8.42 Å². The summed E-state index contributed by atoms with van der Waals surface area (Å²) in [6, 6.07) is 17.0. The Hall–Kier alpha value is -2.14. The van der Waals surface area contributed by atoms with Crippen molar-refractivity contribution >= 4 is 21.1 Å². The van der Waals surface area contributed by atoms with Crippen molar-refractivity contribution in [2.75, 3.05) is 6.26 Å². The van der Waals surface area contributed by atoms with Gasteiger partial charge in [0.1, 0.15) is 5.82 Å². The van der Waals surface area contributed by atoms with Gasteiger partial charge in [-0.2, -0.15) is 0 Å². The van der Waals surface area contributed by atoms with Crippen LogP contribution in [0.4, 0.5) is 0 Å². The van der Waals surface area contributed by atoms with E-state index in [-0.39, 0.29) is 0 Å². The minimum atomic E-state index is -3.38. The summed E-state index contributed by atoms with van der Waals surface area (Å²) in [5.41, 5.74) is 2.36. The van der Waals surface area contributed by atoms with Crippen LogP contribution in [0.25, 0.3) is 11.0 Å². The summed E-state index contributed by atoms with van der Waals surface area (Å²) in [4.78, 5) is 4.46. The summed E-state index contributed by atoms with van der Waals surface area (Å²) in [5, 5.41) is 0. The summed E-state index contributed by atoms with van der Waals surface area (Å²) >= 11 is 0. The zero-order chi connectivity index (χ0) is 14.2. The molecule has 5 heteroatoms. The molecular weight excluding hydrogens is 272 g/mol. The van der Waals surface area contributed by atoms with Gasteiger partial charge in [-0.25, -0.2) is 17.4 Å². The van der Waals surface area contributed by atoms with Crippen molar-refractivity contribution in [1.29, 1.82) is 0 Å². The van der Waals surface area contributed by atoms with Crippen molar-refractivity contribution < 1.29 is 8.42 Å². The molecule has 0 spiro atoms. The van der Waals surface area contributed by atoms with Crippen LogP contribution >= 0.6 is 0 Å². The molecule has 0 N–H and O–H groups in total. The first-order valence-corrected chi connectivity index (χ1v) is 8.11. The highest BCUT2D eigenvalue weighted by atomic mass is 32.2. The van der Waals surface area contributed by atoms with Crippen LogP contribution in [0.3, 0.4) is 0 Å². The number of hydrogen-bond donors (Lipinski definition) is 0. The highest BCUT2D eigenvalue weighted by Gasteiger charge is 2.17. The molecule has 0 radical (unpaired) electrons. The number of para-hydroxylation sites is 2. The maximum Gasteiger partial charge on any atom is 0.237 e. The number of rotatable bonds is 3. The van der Waals surface area contributed by atoms with Crippen LogP contribution in [0, 0.1) is 0 Å². The van der Waals surface area contributed by atoms with Crippen molar-refractivity contribution in [3.05, 3.63) is 66.0 Å². The highest BCUT2D eigenvalue weighted by Crippen LogP contribution is 2.20. The highest BCUT2D eigenvalue weighted by molar-refractivity contribution is 7.89. The van der Waals surface area contributed by atoms with E-state index in [4.69, 9.17) is 0 Å². The lowest BCUT2D eigenvalue weighted by Gasteiger charge is -2.06. The van der Waals surface area contributed by atoms with Gasteiger partial charge in [-0.3, -0.25) is 0 Å². The quantitative estimate of drug-likeness (QED) is 0.743. The molecule has 0 amide bonds. The number of fused-ring (bicyclic) bond motifs is 1. The second kappa shape index (κ2) is 4.76. The van der Waals surface area contributed by atoms with Gasteiger partial charge in [-0.05, 0) is 17.7 Å². The zero-order valence-corrected chi connectivity index (χ0v) is 11.8. The van der Waals surface area contributed by atoms with Gasteiger partial charge in [0.05, 0.1) is 17.3 Å². The van der Waals surface area contributed by atoms with Gasteiger partial charge in [0.25, 0.3) is 0 Å². The molecule has 1 heterocycles. The maximum atomic E-state index is 12.0. The molecule has 0 atom stereocenters. The van der Waals surface area contributed by atoms with E-state index in [2.05, 4.69) is 4.98 Å². The molecule has 0 saturated carbocycles. The first kappa shape index (κ1) is 12.9. The van der Waals surface area contributed by atoms with E-state index in [1.54, 1.807) is 6.07 Å². The molecule has 0 bridgehead atoms. The minimum absolute atomic E-state index is 0.489. The molecule has 2 aromatic carbocycles. The molecule has 0 aliphatic rings. The summed E-state index contributed by atoms with van der Waals surface area (Å²) in [7, 11) is -3.38. The first-order chi connectivity index (χ1) is 9.55. The van der Waals surface area contributed by atoms with E-state index in [1.807, 2.05) is 48.5 Å². The Kier molecular flexibility index (Phi) is 3.06. The molecule has 4 nitrogen and oxygen atoms in total. The third kappa shape index (κ3) is 2.32. The van der Waals surface area contributed by atoms with Gasteiger partial charge in [0, 0.05) is 6.42 Å². The van der Waals surface area contributed by atoms with E-state index in [0.29, 0.717) is 23.3 Å². The number of imidazole rings is 1. The van der Waals surface area contributed by atoms with E-state index in [0.717, 1.165) is 5.56 Å². The normalized spacial score (nSPS) is 11.8. The molecule has 1 aromatic heterocycles. The van der Waals surface area contributed by atoms with Crippen molar-refractivity contribution in [2.45, 2.75) is 6.42 Å². The average Bonchev–Trinajstić information content (AvgIpc) is 2.77. The largest absolute Gasteiger partial charge is 0.237 e. The second-order valence-corrected chi connectivity index (χ2v) is 6.54. The fourth-order valence-electron chi connectivity index (χ4n) is 2.31. The zero-order valence-electron chi connectivity index (χ0n) is 11.0. The second-order valence-electron chi connectivity index (χ2n) is 4.71. The number of nitrogens with zero attached hydrogens (tertiary/aromatic N) is 2. The topological polar surface area (TPSA) is 52.0 Å². The van der Waals surface area contributed by atoms with Crippen molar-refractivity contribution in [3.63, 3.8) is 0 Å². The maximum absolute atomic E-state index is 12.0. The fourth-order valence-corrected chi connectivity index (χ4v) is 3.31. The third-order valence-corrected chi connectivity index (χ3v) is 4.19. The minimum Gasteiger partial charge on any atom is -0.232 e. The summed E-state index contributed by atoms with van der Waals surface area (Å²) in [6.07, 6.45) is 1.69. The number of aromatic nitrogens is 2. The SMILES string of the molecule is CS(=O)(=O)n1c(Cc2ccccc2)nc2ccccc21. The summed E-state index contributed by atoms with van der Waals surface area (Å²) in [6.45, 7) is 0. The number of benzene rings is 2. The van der Waals surface area contributed by atoms with Crippen molar-refractivity contribution in [2.24, 2.45) is 0 Å². The van der Waals surface area contributed by atoms with Crippen molar-refractivity contribution in [1.82, 2.24) is 8.96 Å². The standard InChI is InChI=1S/C15H14N2O2S/c1-20(18,19)17-14-10-6-5-9-13(14)16-15(17)11-12-7-3-2-4-8-12/h2-10H,11H2,1H3. The molecule has 102 valence electrons. The van der Waals surface area contributed by atoms with Crippen LogP contribution in [-0.4, -0.2) is 23.6 Å². The van der Waals surface area contributed by atoms with Gasteiger partial charge in [-0.15, -0.1) is 0 Å². The van der Waals surface area contributed by atoms with Crippen LogP contribution in [0.2, 0.25) is 0 Å². The van der Waals surface area contributed by atoms with Crippen LogP contribution < -0.4 is 0 Å². The molecule has 3 rings (SSSR count). The predicted octanol–water partition coefficient (Wildman–Crippen LogP) is 2.43. The Morgan fingerprint density at radius 2 is 1.65 bits per heavy atom. The predicted molar refractivity (Wildman–Crippen MR) is 79.2 cm³/mol. The van der Waals surface area contributed by atoms with Gasteiger partial charge >= 0.3 is 0 Å². The molecule has 0 aliphatic heterocycles. The Labute approximate surface area is 117 Å². The van der Waals surface area contributed by atoms with Gasteiger partial charge in [-0.1, -0.05) is 42.5 Å². The molecular formula is C15H14N2O2S. The molecule has 0 fully saturated rings. The van der Waals surface area contributed by atoms with Crippen LogP contribution in [0.5, 0.6) is 0 Å². The van der Waals surface area contributed by atoms with Crippen molar-refractivity contribution in [3.8, 4) is 0 Å². The first-order valence-electron chi connectivity index (χ1n) is 6.26. The lowest BCUT2D eigenvalue weighted by Crippen LogP contribution is -2.14. The van der Waals surface area contributed by atoms with Gasteiger partial charge in [0.2, 0.25) is 10.0 Å². The van der Waals surface area contributed by atoms with E-state index >= 15 is 0 Å². The van der Waals surface area contributed by atoms with Crippen LogP contribution in [0.1, 0.15) is 11.4 Å². The smallest absolute Gasteiger partial charge is 0.232 e. The Balaban J connectivity index is 2.20. The molecule has 3 aromatic rings.